The van der Waals surface area contributed by atoms with Gasteiger partial charge in [-0.2, -0.15) is 0 Å². The quantitative estimate of drug-likeness (QED) is 0.830. The van der Waals surface area contributed by atoms with E-state index < -0.39 is 24.2 Å². The van der Waals surface area contributed by atoms with Crippen LogP contribution in [0.25, 0.3) is 0 Å². The number of rotatable bonds is 4. The highest BCUT2D eigenvalue weighted by atomic mass is 19.1. The van der Waals surface area contributed by atoms with Gasteiger partial charge in [-0.3, -0.25) is 0 Å². The summed E-state index contributed by atoms with van der Waals surface area (Å²) in [7, 11) is -2.15. The van der Waals surface area contributed by atoms with Crippen molar-refractivity contribution in [3.63, 3.8) is 0 Å². The molecule has 0 bridgehead atoms. The maximum Gasteiger partial charge on any atom is 0.494 e. The van der Waals surface area contributed by atoms with E-state index in [9.17, 15) is 8.78 Å². The Hall–Kier alpha value is -0.975. The van der Waals surface area contributed by atoms with Crippen molar-refractivity contribution in [1.29, 1.82) is 0 Å². The van der Waals surface area contributed by atoms with Crippen LogP contribution in [0.15, 0.2) is 12.1 Å². The van der Waals surface area contributed by atoms with Gasteiger partial charge in [-0.1, -0.05) is 13.3 Å². The third-order valence-electron chi connectivity index (χ3n) is 3.80. The topological polar surface area (TPSA) is 49.7 Å². The molecular formula is C14H19BF2O3. The van der Waals surface area contributed by atoms with Crippen LogP contribution in [0.2, 0.25) is 0 Å². The molecule has 1 saturated heterocycles. The summed E-state index contributed by atoms with van der Waals surface area (Å²) in [5, 5.41) is 17.8. The van der Waals surface area contributed by atoms with Gasteiger partial charge in [0.25, 0.3) is 0 Å². The smallest absolute Gasteiger partial charge is 0.423 e. The van der Waals surface area contributed by atoms with E-state index in [1.165, 1.54) is 0 Å². The number of benzene rings is 1. The van der Waals surface area contributed by atoms with Crippen molar-refractivity contribution in [2.45, 2.75) is 38.7 Å². The summed E-state index contributed by atoms with van der Waals surface area (Å²) in [6, 6.07) is 2.26. The molecule has 0 aliphatic carbocycles. The lowest BCUT2D eigenvalue weighted by Gasteiger charge is -2.29. The molecule has 2 rings (SSSR count). The molecule has 1 aliphatic rings. The number of hydrogen-bond donors (Lipinski definition) is 2. The molecule has 0 aromatic heterocycles. The average molecular weight is 284 g/mol. The molecule has 0 spiro atoms. The molecule has 2 atom stereocenters. The Bertz CT molecular complexity index is 437. The Labute approximate surface area is 117 Å². The predicted molar refractivity (Wildman–Crippen MR) is 72.5 cm³/mol. The first-order valence-corrected chi connectivity index (χ1v) is 6.99. The van der Waals surface area contributed by atoms with Gasteiger partial charge >= 0.3 is 7.12 Å². The van der Waals surface area contributed by atoms with Crippen molar-refractivity contribution in [3.05, 3.63) is 29.3 Å². The zero-order chi connectivity index (χ0) is 14.7. The van der Waals surface area contributed by atoms with Crippen LogP contribution in [0.3, 0.4) is 0 Å². The fraction of sp³-hybridized carbons (Fsp3) is 0.571. The molecule has 1 aromatic carbocycles. The Kier molecular flexibility index (Phi) is 5.13. The van der Waals surface area contributed by atoms with Gasteiger partial charge in [0.15, 0.2) is 0 Å². The molecule has 6 heteroatoms. The minimum Gasteiger partial charge on any atom is -0.423 e. The first-order chi connectivity index (χ1) is 9.52. The molecule has 1 aromatic rings. The number of hydrogen-bond acceptors (Lipinski definition) is 3. The summed E-state index contributed by atoms with van der Waals surface area (Å²) in [6.07, 6.45) is 3.59. The van der Waals surface area contributed by atoms with Crippen LogP contribution in [0.1, 0.15) is 44.3 Å². The number of ether oxygens (including phenoxy) is 1. The second-order valence-corrected chi connectivity index (χ2v) is 5.33. The molecule has 3 nitrogen and oxygen atoms in total. The van der Waals surface area contributed by atoms with Crippen molar-refractivity contribution < 1.29 is 23.6 Å². The van der Waals surface area contributed by atoms with Gasteiger partial charge in [0.05, 0.1) is 18.2 Å². The highest BCUT2D eigenvalue weighted by Crippen LogP contribution is 2.32. The summed E-state index contributed by atoms with van der Waals surface area (Å²) >= 11 is 0. The highest BCUT2D eigenvalue weighted by molar-refractivity contribution is 6.58. The van der Waals surface area contributed by atoms with Crippen molar-refractivity contribution in [3.8, 4) is 0 Å². The first kappa shape index (κ1) is 15.4. The molecule has 0 saturated carbocycles. The Balaban J connectivity index is 2.11. The summed E-state index contributed by atoms with van der Waals surface area (Å²) in [6.45, 7) is 2.72. The van der Waals surface area contributed by atoms with Gasteiger partial charge in [-0.05, 0) is 42.9 Å². The fourth-order valence-corrected chi connectivity index (χ4v) is 2.74. The fourth-order valence-electron chi connectivity index (χ4n) is 2.74. The van der Waals surface area contributed by atoms with Crippen LogP contribution in [0.5, 0.6) is 0 Å². The average Bonchev–Trinajstić information content (AvgIpc) is 2.38. The largest absolute Gasteiger partial charge is 0.494 e. The number of halogens is 2. The standard InChI is InChI=1S/C14H19BF2O3/c1-2-3-9-4-5-13(20-8-9)10-6-11(16)14(15(18)19)12(17)7-10/h6-7,9,13,18-19H,2-5,8H2,1H3. The highest BCUT2D eigenvalue weighted by Gasteiger charge is 2.27. The van der Waals surface area contributed by atoms with Crippen molar-refractivity contribution in [1.82, 2.24) is 0 Å². The monoisotopic (exact) mass is 284 g/mol. The van der Waals surface area contributed by atoms with Crippen LogP contribution in [0.4, 0.5) is 8.78 Å². The normalized spacial score (nSPS) is 22.9. The van der Waals surface area contributed by atoms with E-state index in [0.717, 1.165) is 37.8 Å². The van der Waals surface area contributed by atoms with E-state index in [4.69, 9.17) is 14.8 Å². The lowest BCUT2D eigenvalue weighted by Crippen LogP contribution is -2.36. The molecule has 1 fully saturated rings. The van der Waals surface area contributed by atoms with Crippen LogP contribution in [-0.4, -0.2) is 23.8 Å². The van der Waals surface area contributed by atoms with Gasteiger partial charge in [0.1, 0.15) is 11.6 Å². The van der Waals surface area contributed by atoms with Crippen LogP contribution < -0.4 is 5.46 Å². The summed E-state index contributed by atoms with van der Waals surface area (Å²) in [5.41, 5.74) is -0.298. The third-order valence-corrected chi connectivity index (χ3v) is 3.80. The van der Waals surface area contributed by atoms with E-state index in [2.05, 4.69) is 6.92 Å². The van der Waals surface area contributed by atoms with Crippen molar-refractivity contribution in [2.24, 2.45) is 5.92 Å². The van der Waals surface area contributed by atoms with E-state index in [0.29, 0.717) is 18.1 Å². The summed E-state index contributed by atoms with van der Waals surface area (Å²) in [5.74, 6) is -1.38. The molecule has 2 unspecified atom stereocenters. The van der Waals surface area contributed by atoms with Gasteiger partial charge in [0, 0.05) is 0 Å². The molecule has 0 radical (unpaired) electrons. The predicted octanol–water partition coefficient (Wildman–Crippen LogP) is 1.91. The SMILES string of the molecule is CCCC1CCC(c2cc(F)c(B(O)O)c(F)c2)OC1. The second kappa shape index (κ2) is 6.65. The molecule has 1 aliphatic heterocycles. The second-order valence-electron chi connectivity index (χ2n) is 5.33. The maximum absolute atomic E-state index is 13.7. The Morgan fingerprint density at radius 2 is 1.90 bits per heavy atom. The van der Waals surface area contributed by atoms with E-state index in [1.807, 2.05) is 0 Å². The van der Waals surface area contributed by atoms with Crippen molar-refractivity contribution in [2.75, 3.05) is 6.61 Å². The Morgan fingerprint density at radius 3 is 2.35 bits per heavy atom. The van der Waals surface area contributed by atoms with Gasteiger partial charge < -0.3 is 14.8 Å². The van der Waals surface area contributed by atoms with E-state index in [-0.39, 0.29) is 6.10 Å². The van der Waals surface area contributed by atoms with Crippen LogP contribution in [-0.2, 0) is 4.74 Å². The lowest BCUT2D eigenvalue weighted by molar-refractivity contribution is -0.0197. The molecule has 110 valence electrons. The van der Waals surface area contributed by atoms with Crippen LogP contribution in [0, 0.1) is 17.6 Å². The third kappa shape index (κ3) is 3.37. The summed E-state index contributed by atoms with van der Waals surface area (Å²) in [4.78, 5) is 0. The zero-order valence-electron chi connectivity index (χ0n) is 11.5. The molecule has 0 amide bonds. The molecule has 2 N–H and O–H groups in total. The molecule has 20 heavy (non-hydrogen) atoms. The van der Waals surface area contributed by atoms with Gasteiger partial charge in [-0.15, -0.1) is 0 Å². The van der Waals surface area contributed by atoms with E-state index >= 15 is 0 Å². The Morgan fingerprint density at radius 1 is 1.25 bits per heavy atom. The first-order valence-electron chi connectivity index (χ1n) is 6.99. The summed E-state index contributed by atoms with van der Waals surface area (Å²) < 4.78 is 33.1. The lowest BCUT2D eigenvalue weighted by atomic mass is 9.78. The molecular weight excluding hydrogens is 265 g/mol. The molecule has 1 heterocycles. The minimum absolute atomic E-state index is 0.322. The van der Waals surface area contributed by atoms with Gasteiger partial charge in [0.2, 0.25) is 0 Å². The minimum atomic E-state index is -2.15. The zero-order valence-corrected chi connectivity index (χ0v) is 11.5. The maximum atomic E-state index is 13.7. The van der Waals surface area contributed by atoms with Crippen molar-refractivity contribution >= 4 is 12.6 Å². The van der Waals surface area contributed by atoms with Gasteiger partial charge in [-0.25, -0.2) is 8.78 Å². The van der Waals surface area contributed by atoms with E-state index in [1.54, 1.807) is 0 Å². The van der Waals surface area contributed by atoms with Crippen LogP contribution >= 0.6 is 0 Å².